The Morgan fingerprint density at radius 2 is 2.25 bits per heavy atom. The first-order valence-electron chi connectivity index (χ1n) is 7.19. The Labute approximate surface area is 120 Å². The second-order valence-electron chi connectivity index (χ2n) is 5.33. The molecular formula is C14H24N4O2. The fraction of sp³-hybridized carbons (Fsp3) is 0.714. The highest BCUT2D eigenvalue weighted by Crippen LogP contribution is 2.08. The molecule has 1 aliphatic heterocycles. The number of aromatic nitrogens is 2. The lowest BCUT2D eigenvalue weighted by Gasteiger charge is -2.26. The number of aryl methyl sites for hydroxylation is 1. The monoisotopic (exact) mass is 280 g/mol. The average Bonchev–Trinajstić information content (AvgIpc) is 2.85. The van der Waals surface area contributed by atoms with Crippen LogP contribution >= 0.6 is 0 Å². The summed E-state index contributed by atoms with van der Waals surface area (Å²) in [4.78, 5) is 16.2. The maximum atomic E-state index is 12.1. The predicted molar refractivity (Wildman–Crippen MR) is 76.3 cm³/mol. The molecule has 6 nitrogen and oxygen atoms in total. The highest BCUT2D eigenvalue weighted by Gasteiger charge is 2.13. The number of morpholine rings is 1. The van der Waals surface area contributed by atoms with Gasteiger partial charge in [-0.05, 0) is 19.9 Å². The summed E-state index contributed by atoms with van der Waals surface area (Å²) in [5, 5.41) is 6.87. The highest BCUT2D eigenvalue weighted by atomic mass is 16.5. The van der Waals surface area contributed by atoms with Crippen LogP contribution in [0, 0.1) is 6.92 Å². The largest absolute Gasteiger partial charge is 0.379 e. The Morgan fingerprint density at radius 3 is 2.90 bits per heavy atom. The van der Waals surface area contributed by atoms with E-state index in [1.807, 2.05) is 14.0 Å². The Bertz CT molecular complexity index is 427. The molecule has 1 fully saturated rings. The summed E-state index contributed by atoms with van der Waals surface area (Å²) in [5.74, 6) is 0.193. The van der Waals surface area contributed by atoms with Gasteiger partial charge in [-0.25, -0.2) is 0 Å². The predicted octanol–water partition coefficient (Wildman–Crippen LogP) is 0.789. The van der Waals surface area contributed by atoms with Gasteiger partial charge in [-0.2, -0.15) is 5.10 Å². The van der Waals surface area contributed by atoms with Crippen molar-refractivity contribution in [3.8, 4) is 0 Å². The van der Waals surface area contributed by atoms with Crippen LogP contribution in [0.5, 0.6) is 0 Å². The number of carbonyl (C=O) groups is 1. The normalized spacial score (nSPS) is 16.3. The molecule has 0 radical (unpaired) electrons. The van der Waals surface area contributed by atoms with Gasteiger partial charge in [0.2, 0.25) is 5.91 Å². The number of aromatic amines is 1. The second kappa shape index (κ2) is 7.40. The van der Waals surface area contributed by atoms with Gasteiger partial charge in [0.15, 0.2) is 0 Å². The lowest BCUT2D eigenvalue weighted by atomic mass is 10.2. The molecule has 112 valence electrons. The van der Waals surface area contributed by atoms with Crippen molar-refractivity contribution in [2.24, 2.45) is 0 Å². The molecule has 1 amide bonds. The van der Waals surface area contributed by atoms with Crippen molar-refractivity contribution in [1.29, 1.82) is 0 Å². The van der Waals surface area contributed by atoms with E-state index < -0.39 is 0 Å². The Kier molecular flexibility index (Phi) is 5.55. The van der Waals surface area contributed by atoms with Crippen molar-refractivity contribution in [3.05, 3.63) is 17.5 Å². The molecule has 0 atom stereocenters. The molecule has 1 N–H and O–H groups in total. The summed E-state index contributed by atoms with van der Waals surface area (Å²) in [6.07, 6.45) is 3.30. The van der Waals surface area contributed by atoms with Crippen LogP contribution in [0.15, 0.2) is 6.20 Å². The van der Waals surface area contributed by atoms with Gasteiger partial charge in [0, 0.05) is 44.4 Å². The molecule has 1 saturated heterocycles. The first-order chi connectivity index (χ1) is 9.66. The number of amides is 1. The molecule has 0 bridgehead atoms. The third-order valence-electron chi connectivity index (χ3n) is 3.74. The zero-order valence-corrected chi connectivity index (χ0v) is 12.4. The standard InChI is InChI=1S/C14H24N4O2/c1-12-13(10-15-16-12)11-17(2)14(19)4-3-5-18-6-8-20-9-7-18/h10H,3-9,11H2,1-2H3,(H,15,16). The van der Waals surface area contributed by atoms with E-state index in [2.05, 4.69) is 15.1 Å². The SMILES string of the molecule is Cc1[nH]ncc1CN(C)C(=O)CCCN1CCOCC1. The van der Waals surface area contributed by atoms with Gasteiger partial charge in [0.05, 0.1) is 19.4 Å². The molecule has 0 aromatic carbocycles. The maximum Gasteiger partial charge on any atom is 0.222 e. The zero-order chi connectivity index (χ0) is 14.4. The molecular weight excluding hydrogens is 256 g/mol. The summed E-state index contributed by atoms with van der Waals surface area (Å²) in [6, 6.07) is 0. The molecule has 20 heavy (non-hydrogen) atoms. The molecule has 0 unspecified atom stereocenters. The highest BCUT2D eigenvalue weighted by molar-refractivity contribution is 5.75. The molecule has 1 aromatic rings. The summed E-state index contributed by atoms with van der Waals surface area (Å²) in [5.41, 5.74) is 2.10. The number of nitrogens with one attached hydrogen (secondary N) is 1. The minimum Gasteiger partial charge on any atom is -0.379 e. The molecule has 2 heterocycles. The fourth-order valence-corrected chi connectivity index (χ4v) is 2.35. The summed E-state index contributed by atoms with van der Waals surface area (Å²) in [6.45, 7) is 7.17. The Hall–Kier alpha value is -1.40. The van der Waals surface area contributed by atoms with Crippen molar-refractivity contribution >= 4 is 5.91 Å². The number of nitrogens with zero attached hydrogens (tertiary/aromatic N) is 3. The van der Waals surface area contributed by atoms with Crippen molar-refractivity contribution < 1.29 is 9.53 Å². The van der Waals surface area contributed by atoms with Gasteiger partial charge in [0.25, 0.3) is 0 Å². The van der Waals surface area contributed by atoms with Crippen LogP contribution in [-0.4, -0.2) is 65.8 Å². The van der Waals surface area contributed by atoms with E-state index in [-0.39, 0.29) is 5.91 Å². The smallest absolute Gasteiger partial charge is 0.222 e. The van der Waals surface area contributed by atoms with E-state index >= 15 is 0 Å². The number of hydrogen-bond donors (Lipinski definition) is 1. The number of hydrogen-bond acceptors (Lipinski definition) is 4. The number of ether oxygens (including phenoxy) is 1. The van der Waals surface area contributed by atoms with Crippen LogP contribution in [0.25, 0.3) is 0 Å². The van der Waals surface area contributed by atoms with Crippen LogP contribution in [-0.2, 0) is 16.1 Å². The first-order valence-corrected chi connectivity index (χ1v) is 7.19. The van der Waals surface area contributed by atoms with Crippen molar-refractivity contribution in [2.45, 2.75) is 26.3 Å². The van der Waals surface area contributed by atoms with E-state index in [0.29, 0.717) is 13.0 Å². The second-order valence-corrected chi connectivity index (χ2v) is 5.33. The van der Waals surface area contributed by atoms with Gasteiger partial charge in [0.1, 0.15) is 0 Å². The summed E-state index contributed by atoms with van der Waals surface area (Å²) >= 11 is 0. The van der Waals surface area contributed by atoms with Crippen LogP contribution < -0.4 is 0 Å². The minimum absolute atomic E-state index is 0.193. The molecule has 0 spiro atoms. The maximum absolute atomic E-state index is 12.1. The number of H-pyrrole nitrogens is 1. The van der Waals surface area contributed by atoms with Crippen LogP contribution in [0.2, 0.25) is 0 Å². The molecule has 1 aromatic heterocycles. The lowest BCUT2D eigenvalue weighted by molar-refractivity contribution is -0.130. The van der Waals surface area contributed by atoms with E-state index in [0.717, 1.165) is 50.5 Å². The van der Waals surface area contributed by atoms with E-state index in [9.17, 15) is 4.79 Å². The Balaban J connectivity index is 1.67. The van der Waals surface area contributed by atoms with E-state index in [1.165, 1.54) is 0 Å². The fourth-order valence-electron chi connectivity index (χ4n) is 2.35. The number of rotatable bonds is 6. The lowest BCUT2D eigenvalue weighted by Crippen LogP contribution is -2.37. The topological polar surface area (TPSA) is 61.5 Å². The van der Waals surface area contributed by atoms with E-state index in [1.54, 1.807) is 11.1 Å². The van der Waals surface area contributed by atoms with Gasteiger partial charge in [-0.1, -0.05) is 0 Å². The van der Waals surface area contributed by atoms with Crippen LogP contribution in [0.3, 0.4) is 0 Å². The van der Waals surface area contributed by atoms with Gasteiger partial charge in [-0.15, -0.1) is 0 Å². The molecule has 0 aliphatic carbocycles. The van der Waals surface area contributed by atoms with Crippen molar-refractivity contribution in [3.63, 3.8) is 0 Å². The van der Waals surface area contributed by atoms with Gasteiger partial charge in [-0.3, -0.25) is 14.8 Å². The molecule has 1 aliphatic rings. The zero-order valence-electron chi connectivity index (χ0n) is 12.4. The van der Waals surface area contributed by atoms with Crippen LogP contribution in [0.4, 0.5) is 0 Å². The van der Waals surface area contributed by atoms with Gasteiger partial charge >= 0.3 is 0 Å². The van der Waals surface area contributed by atoms with Crippen molar-refractivity contribution in [1.82, 2.24) is 20.0 Å². The molecule has 0 saturated carbocycles. The minimum atomic E-state index is 0.193. The summed E-state index contributed by atoms with van der Waals surface area (Å²) in [7, 11) is 1.85. The first kappa shape index (κ1) is 15.0. The quantitative estimate of drug-likeness (QED) is 0.837. The van der Waals surface area contributed by atoms with Crippen molar-refractivity contribution in [2.75, 3.05) is 39.9 Å². The number of carbonyl (C=O) groups excluding carboxylic acids is 1. The van der Waals surface area contributed by atoms with Crippen LogP contribution in [0.1, 0.15) is 24.1 Å². The van der Waals surface area contributed by atoms with Gasteiger partial charge < -0.3 is 9.64 Å². The average molecular weight is 280 g/mol. The molecule has 6 heteroatoms. The Morgan fingerprint density at radius 1 is 1.50 bits per heavy atom. The third kappa shape index (κ3) is 4.31. The third-order valence-corrected chi connectivity index (χ3v) is 3.74. The summed E-state index contributed by atoms with van der Waals surface area (Å²) < 4.78 is 5.31. The molecule has 2 rings (SSSR count). The van der Waals surface area contributed by atoms with E-state index in [4.69, 9.17) is 4.74 Å².